The van der Waals surface area contributed by atoms with E-state index in [1.54, 1.807) is 48.5 Å². The fourth-order valence-electron chi connectivity index (χ4n) is 4.61. The van der Waals surface area contributed by atoms with E-state index >= 15 is 0 Å². The van der Waals surface area contributed by atoms with Crippen LogP contribution < -0.4 is 14.4 Å². The van der Waals surface area contributed by atoms with Gasteiger partial charge in [-0.3, -0.25) is 14.5 Å². The van der Waals surface area contributed by atoms with Crippen molar-refractivity contribution >= 4 is 55.7 Å². The zero-order chi connectivity index (χ0) is 28.4. The number of carbonyl (C=O) groups excluding carboxylic acids is 2. The fraction of sp³-hybridized carbons (Fsp3) is 0.258. The summed E-state index contributed by atoms with van der Waals surface area (Å²) in [6.45, 7) is 6.83. The first-order chi connectivity index (χ1) is 19.3. The van der Waals surface area contributed by atoms with Gasteiger partial charge in [0.15, 0.2) is 16.6 Å². The number of aliphatic hydroxyl groups excluding tert-OH is 1. The molecule has 9 heteroatoms. The topological polar surface area (TPSA) is 89.0 Å². The van der Waals surface area contributed by atoms with Gasteiger partial charge in [0.05, 0.1) is 35.0 Å². The molecule has 0 spiro atoms. The maximum Gasteiger partial charge on any atom is 0.301 e. The first-order valence-corrected chi connectivity index (χ1v) is 14.4. The molecular formula is C31H29ClN2O5S. The van der Waals surface area contributed by atoms with Crippen molar-refractivity contribution in [3.8, 4) is 11.5 Å². The number of hydrogen-bond acceptors (Lipinski definition) is 7. The highest BCUT2D eigenvalue weighted by molar-refractivity contribution is 7.22. The number of halogens is 1. The Balaban J connectivity index is 1.69. The number of ketones is 1. The van der Waals surface area contributed by atoms with Crippen molar-refractivity contribution in [1.29, 1.82) is 0 Å². The Kier molecular flexibility index (Phi) is 8.09. The summed E-state index contributed by atoms with van der Waals surface area (Å²) >= 11 is 7.45. The highest BCUT2D eigenvalue weighted by Gasteiger charge is 2.48. The van der Waals surface area contributed by atoms with E-state index in [0.717, 1.165) is 23.1 Å². The summed E-state index contributed by atoms with van der Waals surface area (Å²) in [4.78, 5) is 33.2. The van der Waals surface area contributed by atoms with Crippen molar-refractivity contribution in [3.63, 3.8) is 0 Å². The van der Waals surface area contributed by atoms with Crippen molar-refractivity contribution in [2.75, 3.05) is 18.1 Å². The van der Waals surface area contributed by atoms with Crippen LogP contribution in [0.4, 0.5) is 5.13 Å². The Morgan fingerprint density at radius 3 is 2.52 bits per heavy atom. The molecule has 0 radical (unpaired) electrons. The molecule has 7 nitrogen and oxygen atoms in total. The van der Waals surface area contributed by atoms with Gasteiger partial charge < -0.3 is 14.6 Å². The Bertz CT molecular complexity index is 1610. The van der Waals surface area contributed by atoms with Crippen molar-refractivity contribution in [2.45, 2.75) is 39.7 Å². The Morgan fingerprint density at radius 1 is 1.02 bits per heavy atom. The van der Waals surface area contributed by atoms with E-state index in [1.165, 1.54) is 16.2 Å². The van der Waals surface area contributed by atoms with Crippen LogP contribution in [0.1, 0.15) is 49.4 Å². The van der Waals surface area contributed by atoms with Gasteiger partial charge in [0.2, 0.25) is 0 Å². The Labute approximate surface area is 241 Å². The van der Waals surface area contributed by atoms with E-state index < -0.39 is 17.7 Å². The molecule has 3 aromatic carbocycles. The monoisotopic (exact) mass is 576 g/mol. The number of nitrogens with zero attached hydrogens (tertiary/aromatic N) is 2. The number of hydrogen-bond donors (Lipinski definition) is 1. The molecule has 1 unspecified atom stereocenters. The van der Waals surface area contributed by atoms with Crippen molar-refractivity contribution in [2.24, 2.45) is 0 Å². The summed E-state index contributed by atoms with van der Waals surface area (Å²) in [6.07, 6.45) is 1.88. The first-order valence-electron chi connectivity index (χ1n) is 13.2. The van der Waals surface area contributed by atoms with Gasteiger partial charge in [-0.05, 0) is 56.2 Å². The number of thiazole rings is 1. The van der Waals surface area contributed by atoms with Crippen LogP contribution in [-0.2, 0) is 9.59 Å². The molecule has 1 aliphatic heterocycles. The Morgan fingerprint density at radius 2 is 1.80 bits per heavy atom. The quantitative estimate of drug-likeness (QED) is 0.0962. The molecular weight excluding hydrogens is 548 g/mol. The number of aromatic nitrogens is 1. The first kappa shape index (κ1) is 27.7. The molecule has 2 heterocycles. The lowest BCUT2D eigenvalue weighted by atomic mass is 9.95. The van der Waals surface area contributed by atoms with Gasteiger partial charge in [0, 0.05) is 10.6 Å². The summed E-state index contributed by atoms with van der Waals surface area (Å²) in [5, 5.41) is 12.3. The highest BCUT2D eigenvalue weighted by atomic mass is 35.5. The van der Waals surface area contributed by atoms with Crippen molar-refractivity contribution in [1.82, 2.24) is 4.98 Å². The maximum absolute atomic E-state index is 13.6. The number of benzene rings is 3. The highest BCUT2D eigenvalue weighted by Crippen LogP contribution is 2.46. The van der Waals surface area contributed by atoms with Gasteiger partial charge in [-0.1, -0.05) is 72.2 Å². The predicted octanol–water partition coefficient (Wildman–Crippen LogP) is 7.46. The van der Waals surface area contributed by atoms with E-state index in [4.69, 9.17) is 21.1 Å². The standard InChI is InChI=1S/C31H29ClN2O5S/c1-4-6-15-39-23-14-11-20(16-24(23)38-5-2)27-26(28(35)19-9-7-18(3)8-10-19)29(36)30(37)34(27)31-33-22-13-12-21(32)17-25(22)40-31/h7-14,16-17,27,35H,4-6,15H2,1-3H3. The van der Waals surface area contributed by atoms with Crippen molar-refractivity contribution < 1.29 is 24.2 Å². The second-order valence-corrected chi connectivity index (χ2v) is 10.9. The second-order valence-electron chi connectivity index (χ2n) is 9.48. The molecule has 40 heavy (non-hydrogen) atoms. The van der Waals surface area contributed by atoms with Gasteiger partial charge >= 0.3 is 5.91 Å². The lowest BCUT2D eigenvalue weighted by Crippen LogP contribution is -2.29. The minimum absolute atomic E-state index is 0.0201. The molecule has 0 saturated carbocycles. The molecule has 1 amide bonds. The second kappa shape index (κ2) is 11.7. The fourth-order valence-corrected chi connectivity index (χ4v) is 5.88. The van der Waals surface area contributed by atoms with Crippen LogP contribution in [-0.4, -0.2) is 35.0 Å². The number of fused-ring (bicyclic) bond motifs is 1. The lowest BCUT2D eigenvalue weighted by Gasteiger charge is -2.24. The summed E-state index contributed by atoms with van der Waals surface area (Å²) in [5.41, 5.74) is 2.65. The van der Waals surface area contributed by atoms with E-state index in [9.17, 15) is 14.7 Å². The molecule has 5 rings (SSSR count). The summed E-state index contributed by atoms with van der Waals surface area (Å²) in [5.74, 6) is -0.750. The molecule has 0 aliphatic carbocycles. The number of carbonyl (C=O) groups is 2. The maximum atomic E-state index is 13.6. The average molecular weight is 577 g/mol. The van der Waals surface area contributed by atoms with Gasteiger partial charge in [-0.2, -0.15) is 0 Å². The molecule has 1 aliphatic rings. The van der Waals surface area contributed by atoms with Crippen LogP contribution in [0.25, 0.3) is 16.0 Å². The number of aliphatic hydroxyl groups is 1. The third-order valence-corrected chi connectivity index (χ3v) is 7.91. The molecule has 1 N–H and O–H groups in total. The normalized spacial score (nSPS) is 16.6. The van der Waals surface area contributed by atoms with E-state index in [1.807, 2.05) is 26.0 Å². The number of anilines is 1. The minimum Gasteiger partial charge on any atom is -0.507 e. The number of aryl methyl sites for hydroxylation is 1. The van der Waals surface area contributed by atoms with E-state index in [0.29, 0.717) is 51.5 Å². The SMILES string of the molecule is CCCCOc1ccc(C2C(=C(O)c3ccc(C)cc3)C(=O)C(=O)N2c2nc3ccc(Cl)cc3s2)cc1OCC. The van der Waals surface area contributed by atoms with Crippen molar-refractivity contribution in [3.05, 3.63) is 87.9 Å². The van der Waals surface area contributed by atoms with Crippen LogP contribution in [0.2, 0.25) is 5.02 Å². The van der Waals surface area contributed by atoms with Gasteiger partial charge in [-0.25, -0.2) is 4.98 Å². The number of ether oxygens (including phenoxy) is 2. The molecule has 1 fully saturated rings. The smallest absolute Gasteiger partial charge is 0.301 e. The molecule has 1 aromatic heterocycles. The third kappa shape index (κ3) is 5.29. The average Bonchev–Trinajstić information content (AvgIpc) is 3.47. The largest absolute Gasteiger partial charge is 0.507 e. The molecule has 1 atom stereocenters. The number of rotatable bonds is 9. The predicted molar refractivity (Wildman–Crippen MR) is 159 cm³/mol. The molecule has 0 bridgehead atoms. The van der Waals surface area contributed by atoms with Crippen LogP contribution >= 0.6 is 22.9 Å². The lowest BCUT2D eigenvalue weighted by molar-refractivity contribution is -0.132. The van der Waals surface area contributed by atoms with E-state index in [2.05, 4.69) is 11.9 Å². The minimum atomic E-state index is -0.943. The summed E-state index contributed by atoms with van der Waals surface area (Å²) < 4.78 is 12.6. The van der Waals surface area contributed by atoms with Crippen LogP contribution in [0.5, 0.6) is 11.5 Å². The van der Waals surface area contributed by atoms with Crippen LogP contribution in [0.3, 0.4) is 0 Å². The molecule has 1 saturated heterocycles. The summed E-state index contributed by atoms with van der Waals surface area (Å²) in [6, 6.07) is 16.8. The van der Waals surface area contributed by atoms with Gasteiger partial charge in [0.25, 0.3) is 5.78 Å². The van der Waals surface area contributed by atoms with Gasteiger partial charge in [0.1, 0.15) is 5.76 Å². The van der Waals surface area contributed by atoms with Crippen LogP contribution in [0.15, 0.2) is 66.2 Å². The number of unbranched alkanes of at least 4 members (excludes halogenated alkanes) is 1. The van der Waals surface area contributed by atoms with E-state index in [-0.39, 0.29) is 11.3 Å². The number of amides is 1. The molecule has 206 valence electrons. The van der Waals surface area contributed by atoms with Gasteiger partial charge in [-0.15, -0.1) is 0 Å². The zero-order valence-corrected chi connectivity index (χ0v) is 24.0. The summed E-state index contributed by atoms with van der Waals surface area (Å²) in [7, 11) is 0. The molecule has 4 aromatic rings. The Hall–Kier alpha value is -3.88. The third-order valence-electron chi connectivity index (χ3n) is 6.65. The number of Topliss-reactive ketones (excluding diaryl/α,β-unsaturated/α-hetero) is 1. The zero-order valence-electron chi connectivity index (χ0n) is 22.4. The van der Waals surface area contributed by atoms with Crippen LogP contribution in [0, 0.1) is 6.92 Å².